The van der Waals surface area contributed by atoms with E-state index >= 15 is 0 Å². The van der Waals surface area contributed by atoms with Gasteiger partial charge in [0.1, 0.15) is 0 Å². The molecule has 1 saturated carbocycles. The Kier molecular flexibility index (Phi) is 7.11. The molecular formula is C22H30N2O7S2. The van der Waals surface area contributed by atoms with Crippen LogP contribution in [0.25, 0.3) is 0 Å². The normalized spacial score (nSPS) is 23.6. The molecule has 0 N–H and O–H groups in total. The van der Waals surface area contributed by atoms with Gasteiger partial charge in [0.05, 0.1) is 22.0 Å². The SMILES string of the molecule is O=C(OCC(=O)N(C1CCCC1)C1CCS(=O)(=O)C1)c1ccc(S(=O)(=O)N2CCCC2)cc1. The van der Waals surface area contributed by atoms with Crippen LogP contribution in [0.1, 0.15) is 55.3 Å². The fourth-order valence-corrected chi connectivity index (χ4v) is 8.24. The molecule has 3 aliphatic rings. The zero-order valence-electron chi connectivity index (χ0n) is 18.5. The van der Waals surface area contributed by atoms with Crippen molar-refractivity contribution in [3.8, 4) is 0 Å². The summed E-state index contributed by atoms with van der Waals surface area (Å²) in [5, 5.41) is 0. The second-order valence-corrected chi connectivity index (χ2v) is 13.2. The van der Waals surface area contributed by atoms with Crippen molar-refractivity contribution in [3.05, 3.63) is 29.8 Å². The number of esters is 1. The van der Waals surface area contributed by atoms with Crippen LogP contribution >= 0.6 is 0 Å². The van der Waals surface area contributed by atoms with Crippen molar-refractivity contribution in [2.24, 2.45) is 0 Å². The van der Waals surface area contributed by atoms with Crippen LogP contribution < -0.4 is 0 Å². The molecule has 0 aromatic heterocycles. The summed E-state index contributed by atoms with van der Waals surface area (Å²) in [4.78, 5) is 27.2. The van der Waals surface area contributed by atoms with Crippen molar-refractivity contribution in [1.29, 1.82) is 0 Å². The minimum Gasteiger partial charge on any atom is -0.452 e. The van der Waals surface area contributed by atoms with Gasteiger partial charge in [-0.3, -0.25) is 4.79 Å². The molecule has 1 amide bonds. The van der Waals surface area contributed by atoms with E-state index in [1.807, 2.05) is 0 Å². The van der Waals surface area contributed by atoms with Crippen LogP contribution in [0.2, 0.25) is 0 Å². The molecule has 1 unspecified atom stereocenters. The number of hydrogen-bond donors (Lipinski definition) is 0. The third-order valence-corrected chi connectivity index (χ3v) is 10.4. The number of sulfone groups is 1. The summed E-state index contributed by atoms with van der Waals surface area (Å²) in [6.07, 6.45) is 5.70. The topological polar surface area (TPSA) is 118 Å². The molecule has 33 heavy (non-hydrogen) atoms. The first-order chi connectivity index (χ1) is 15.7. The Morgan fingerprint density at radius 2 is 1.61 bits per heavy atom. The number of ether oxygens (including phenoxy) is 1. The summed E-state index contributed by atoms with van der Waals surface area (Å²) in [6.45, 7) is 0.516. The first-order valence-electron chi connectivity index (χ1n) is 11.5. The molecule has 2 aliphatic heterocycles. The highest BCUT2D eigenvalue weighted by molar-refractivity contribution is 7.91. The van der Waals surface area contributed by atoms with E-state index in [9.17, 15) is 26.4 Å². The Balaban J connectivity index is 1.39. The van der Waals surface area contributed by atoms with Crippen LogP contribution in [-0.4, -0.2) is 81.2 Å². The molecule has 0 spiro atoms. The molecule has 182 valence electrons. The molecule has 9 nitrogen and oxygen atoms in total. The maximum Gasteiger partial charge on any atom is 0.338 e. The minimum atomic E-state index is -3.58. The van der Waals surface area contributed by atoms with E-state index in [2.05, 4.69) is 0 Å². The van der Waals surface area contributed by atoms with Crippen LogP contribution in [0.15, 0.2) is 29.2 Å². The van der Waals surface area contributed by atoms with Crippen LogP contribution in [-0.2, 0) is 29.4 Å². The van der Waals surface area contributed by atoms with Gasteiger partial charge < -0.3 is 9.64 Å². The van der Waals surface area contributed by atoms with Crippen LogP contribution in [0.4, 0.5) is 0 Å². The summed E-state index contributed by atoms with van der Waals surface area (Å²) in [5.41, 5.74) is 0.152. The third kappa shape index (κ3) is 5.41. The van der Waals surface area contributed by atoms with Crippen LogP contribution in [0, 0.1) is 0 Å². The van der Waals surface area contributed by atoms with E-state index < -0.39 is 32.4 Å². The van der Waals surface area contributed by atoms with Crippen molar-refractivity contribution in [2.75, 3.05) is 31.2 Å². The maximum absolute atomic E-state index is 13.0. The van der Waals surface area contributed by atoms with Gasteiger partial charge in [-0.05, 0) is 56.4 Å². The lowest BCUT2D eigenvalue weighted by molar-refractivity contribution is -0.139. The fraction of sp³-hybridized carbons (Fsp3) is 0.636. The first-order valence-corrected chi connectivity index (χ1v) is 14.7. The zero-order chi connectivity index (χ0) is 23.6. The zero-order valence-corrected chi connectivity index (χ0v) is 20.2. The molecule has 3 fully saturated rings. The monoisotopic (exact) mass is 498 g/mol. The maximum atomic E-state index is 13.0. The summed E-state index contributed by atoms with van der Waals surface area (Å²) in [5.74, 6) is -1.08. The molecule has 0 radical (unpaired) electrons. The first kappa shape index (κ1) is 24.2. The van der Waals surface area contributed by atoms with Gasteiger partial charge in [0.25, 0.3) is 5.91 Å². The predicted molar refractivity (Wildman–Crippen MR) is 121 cm³/mol. The van der Waals surface area contributed by atoms with Gasteiger partial charge in [-0.1, -0.05) is 12.8 Å². The molecule has 11 heteroatoms. The smallest absolute Gasteiger partial charge is 0.338 e. The molecular weight excluding hydrogens is 468 g/mol. The lowest BCUT2D eigenvalue weighted by Gasteiger charge is -2.33. The number of carbonyl (C=O) groups excluding carboxylic acids is 2. The lowest BCUT2D eigenvalue weighted by Crippen LogP contribution is -2.48. The number of hydrogen-bond acceptors (Lipinski definition) is 7. The lowest BCUT2D eigenvalue weighted by atomic mass is 10.1. The van der Waals surface area contributed by atoms with E-state index in [-0.39, 0.29) is 40.0 Å². The average molecular weight is 499 g/mol. The van der Waals surface area contributed by atoms with E-state index in [1.54, 1.807) is 4.90 Å². The van der Waals surface area contributed by atoms with Crippen molar-refractivity contribution in [2.45, 2.75) is 61.9 Å². The van der Waals surface area contributed by atoms with Gasteiger partial charge >= 0.3 is 5.97 Å². The van der Waals surface area contributed by atoms with Gasteiger partial charge in [0.15, 0.2) is 16.4 Å². The standard InChI is InChI=1S/C22H30N2O7S2/c25-21(24(18-5-1-2-6-18)19-11-14-32(27,28)16-19)15-31-22(26)17-7-9-20(10-8-17)33(29,30)23-12-3-4-13-23/h7-10,18-19H,1-6,11-16H2. The Morgan fingerprint density at radius 3 is 2.18 bits per heavy atom. The number of carbonyl (C=O) groups is 2. The predicted octanol–water partition coefficient (Wildman–Crippen LogP) is 1.59. The van der Waals surface area contributed by atoms with Crippen LogP contribution in [0.3, 0.4) is 0 Å². The van der Waals surface area contributed by atoms with Crippen LogP contribution in [0.5, 0.6) is 0 Å². The summed E-state index contributed by atoms with van der Waals surface area (Å²) >= 11 is 0. The summed E-state index contributed by atoms with van der Waals surface area (Å²) in [6, 6.07) is 5.12. The summed E-state index contributed by atoms with van der Waals surface area (Å²) < 4.78 is 55.8. The van der Waals surface area contributed by atoms with Crippen molar-refractivity contribution >= 4 is 31.7 Å². The number of nitrogens with zero attached hydrogens (tertiary/aromatic N) is 2. The van der Waals surface area contributed by atoms with Gasteiger partial charge in [-0.2, -0.15) is 4.31 Å². The van der Waals surface area contributed by atoms with E-state index in [0.717, 1.165) is 38.5 Å². The Bertz CT molecular complexity index is 1090. The second-order valence-electron chi connectivity index (χ2n) is 9.01. The highest BCUT2D eigenvalue weighted by atomic mass is 32.2. The van der Waals surface area contributed by atoms with Gasteiger partial charge in [-0.15, -0.1) is 0 Å². The van der Waals surface area contributed by atoms with E-state index in [4.69, 9.17) is 4.74 Å². The molecule has 1 aromatic carbocycles. The largest absolute Gasteiger partial charge is 0.452 e. The molecule has 4 rings (SSSR count). The van der Waals surface area contributed by atoms with Gasteiger partial charge in [0.2, 0.25) is 10.0 Å². The van der Waals surface area contributed by atoms with E-state index in [1.165, 1.54) is 28.6 Å². The quantitative estimate of drug-likeness (QED) is 0.524. The number of rotatable bonds is 7. The molecule has 1 aromatic rings. The van der Waals surface area contributed by atoms with Gasteiger partial charge in [-0.25, -0.2) is 21.6 Å². The molecule has 1 aliphatic carbocycles. The number of sulfonamides is 1. The second kappa shape index (κ2) is 9.71. The van der Waals surface area contributed by atoms with E-state index in [0.29, 0.717) is 19.5 Å². The van der Waals surface area contributed by atoms with Gasteiger partial charge in [0, 0.05) is 25.2 Å². The highest BCUT2D eigenvalue weighted by Crippen LogP contribution is 2.29. The molecule has 1 atom stereocenters. The van der Waals surface area contributed by atoms with Crippen molar-refractivity contribution in [1.82, 2.24) is 9.21 Å². The minimum absolute atomic E-state index is 0.0235. The number of benzene rings is 1. The molecule has 2 saturated heterocycles. The summed E-state index contributed by atoms with van der Waals surface area (Å²) in [7, 11) is -6.73. The Morgan fingerprint density at radius 1 is 0.970 bits per heavy atom. The fourth-order valence-electron chi connectivity index (χ4n) is 5.01. The third-order valence-electron chi connectivity index (χ3n) is 6.73. The highest BCUT2D eigenvalue weighted by Gasteiger charge is 2.39. The Hall–Kier alpha value is -1.98. The molecule has 0 bridgehead atoms. The van der Waals surface area contributed by atoms with Crippen molar-refractivity contribution < 1.29 is 31.2 Å². The van der Waals surface area contributed by atoms with Crippen molar-refractivity contribution in [3.63, 3.8) is 0 Å². The number of amides is 1. The average Bonchev–Trinajstić information content (AvgIpc) is 3.55. The Labute approximate surface area is 195 Å². The molecule has 2 heterocycles.